The SMILES string of the molecule is CCC/C=C\CCCCCCCC(=O)OCC(COP(=O)([O-])OCC[N+](C)(C)C)OC(=O)CCCCCCC/C=C\CCCCCCCCC. The van der Waals surface area contributed by atoms with Crippen molar-refractivity contribution in [3.05, 3.63) is 24.3 Å². The number of hydrogen-bond acceptors (Lipinski definition) is 8. The summed E-state index contributed by atoms with van der Waals surface area (Å²) in [6.45, 7) is 4.13. The number of nitrogens with zero attached hydrogens (tertiary/aromatic N) is 1. The molecule has 0 heterocycles. The van der Waals surface area contributed by atoms with E-state index in [0.29, 0.717) is 17.4 Å². The van der Waals surface area contributed by atoms with Gasteiger partial charge in [-0.3, -0.25) is 14.2 Å². The van der Waals surface area contributed by atoms with Gasteiger partial charge in [-0.15, -0.1) is 0 Å². The summed E-state index contributed by atoms with van der Waals surface area (Å²) in [6, 6.07) is 0. The van der Waals surface area contributed by atoms with E-state index < -0.39 is 32.5 Å². The zero-order valence-electron chi connectivity index (χ0n) is 32.8. The van der Waals surface area contributed by atoms with Gasteiger partial charge in [0.1, 0.15) is 19.8 Å². The van der Waals surface area contributed by atoms with E-state index in [1.807, 2.05) is 21.1 Å². The number of phosphoric ester groups is 1. The number of ether oxygens (including phenoxy) is 2. The first-order valence-electron chi connectivity index (χ1n) is 20.0. The molecule has 0 rings (SSSR count). The highest BCUT2D eigenvalue weighted by atomic mass is 31.2. The van der Waals surface area contributed by atoms with E-state index >= 15 is 0 Å². The quantitative estimate of drug-likeness (QED) is 0.0206. The first-order valence-corrected chi connectivity index (χ1v) is 21.5. The Morgan fingerprint density at radius 1 is 0.600 bits per heavy atom. The molecule has 9 nitrogen and oxygen atoms in total. The van der Waals surface area contributed by atoms with E-state index in [1.54, 1.807) is 0 Å². The Hall–Kier alpha value is -1.51. The van der Waals surface area contributed by atoms with Crippen LogP contribution in [-0.4, -0.2) is 70.0 Å². The molecule has 0 aromatic carbocycles. The van der Waals surface area contributed by atoms with Gasteiger partial charge in [0.15, 0.2) is 6.10 Å². The molecule has 0 fully saturated rings. The fraction of sp³-hybridized carbons (Fsp3) is 0.850. The molecule has 0 aliphatic rings. The molecule has 0 saturated heterocycles. The first kappa shape index (κ1) is 48.5. The average molecular weight is 730 g/mol. The van der Waals surface area contributed by atoms with Crippen LogP contribution in [0, 0.1) is 0 Å². The number of esters is 2. The van der Waals surface area contributed by atoms with Gasteiger partial charge in [0, 0.05) is 12.8 Å². The standard InChI is InChI=1S/C40H76NO8P/c1-6-8-10-12-14-16-18-19-20-21-22-23-25-27-29-31-33-40(43)49-38(37-48-50(44,45)47-35-34-41(3,4)5)36-46-39(42)32-30-28-26-24-17-15-13-11-9-7-2/h11,13,20-21,38H,6-10,12,14-19,22-37H2,1-5H3/b13-11-,21-20-. The van der Waals surface area contributed by atoms with Gasteiger partial charge in [-0.2, -0.15) is 0 Å². The second-order valence-corrected chi connectivity index (χ2v) is 16.1. The molecule has 2 atom stereocenters. The Labute approximate surface area is 307 Å². The monoisotopic (exact) mass is 730 g/mol. The highest BCUT2D eigenvalue weighted by Crippen LogP contribution is 2.38. The summed E-state index contributed by atoms with van der Waals surface area (Å²) in [6.07, 6.45) is 33.5. The average Bonchev–Trinajstić information content (AvgIpc) is 3.06. The van der Waals surface area contributed by atoms with E-state index in [0.717, 1.165) is 77.0 Å². The summed E-state index contributed by atoms with van der Waals surface area (Å²) < 4.78 is 33.7. The fourth-order valence-corrected chi connectivity index (χ4v) is 5.97. The number of unbranched alkanes of at least 4 members (excludes halogenated alkanes) is 18. The molecule has 0 amide bonds. The van der Waals surface area contributed by atoms with Crippen molar-refractivity contribution in [2.75, 3.05) is 47.5 Å². The highest BCUT2D eigenvalue weighted by molar-refractivity contribution is 7.45. The molecule has 0 N–H and O–H groups in total. The van der Waals surface area contributed by atoms with Gasteiger partial charge in [-0.05, 0) is 57.8 Å². The first-order chi connectivity index (χ1) is 24.0. The fourth-order valence-electron chi connectivity index (χ4n) is 5.24. The normalized spacial score (nSPS) is 14.0. The van der Waals surface area contributed by atoms with E-state index in [2.05, 4.69) is 38.2 Å². The molecule has 0 radical (unpaired) electrons. The zero-order chi connectivity index (χ0) is 37.2. The molecule has 0 aromatic rings. The van der Waals surface area contributed by atoms with Crippen LogP contribution in [-0.2, 0) is 32.7 Å². The largest absolute Gasteiger partial charge is 0.756 e. The van der Waals surface area contributed by atoms with Crippen molar-refractivity contribution < 1.29 is 42.1 Å². The predicted molar refractivity (Wildman–Crippen MR) is 204 cm³/mol. The molecule has 2 unspecified atom stereocenters. The van der Waals surface area contributed by atoms with Gasteiger partial charge in [-0.25, -0.2) is 0 Å². The Morgan fingerprint density at radius 3 is 1.56 bits per heavy atom. The number of allylic oxidation sites excluding steroid dienone is 4. The molecule has 0 aliphatic heterocycles. The molecular weight excluding hydrogens is 653 g/mol. The van der Waals surface area contributed by atoms with Crippen molar-refractivity contribution >= 4 is 19.8 Å². The van der Waals surface area contributed by atoms with Gasteiger partial charge in [0.25, 0.3) is 7.82 Å². The number of rotatable bonds is 36. The topological polar surface area (TPSA) is 111 Å². The zero-order valence-corrected chi connectivity index (χ0v) is 33.7. The smallest absolute Gasteiger partial charge is 0.306 e. The van der Waals surface area contributed by atoms with Gasteiger partial charge >= 0.3 is 11.9 Å². The summed E-state index contributed by atoms with van der Waals surface area (Å²) in [5.74, 6) is -0.857. The van der Waals surface area contributed by atoms with E-state index in [9.17, 15) is 19.0 Å². The summed E-state index contributed by atoms with van der Waals surface area (Å²) in [4.78, 5) is 37.3. The van der Waals surface area contributed by atoms with Crippen molar-refractivity contribution in [3.63, 3.8) is 0 Å². The molecule has 0 spiro atoms. The lowest BCUT2D eigenvalue weighted by atomic mass is 10.1. The molecule has 0 saturated carbocycles. The van der Waals surface area contributed by atoms with Crippen molar-refractivity contribution in [3.8, 4) is 0 Å². The summed E-state index contributed by atoms with van der Waals surface area (Å²) in [5, 5.41) is 0. The van der Waals surface area contributed by atoms with Crippen LogP contribution < -0.4 is 4.89 Å². The van der Waals surface area contributed by atoms with Crippen LogP contribution in [0.5, 0.6) is 0 Å². The molecule has 0 aromatic heterocycles. The second-order valence-electron chi connectivity index (χ2n) is 14.6. The lowest BCUT2D eigenvalue weighted by Gasteiger charge is -2.28. The van der Waals surface area contributed by atoms with Gasteiger partial charge < -0.3 is 27.9 Å². The minimum absolute atomic E-state index is 0.0329. The van der Waals surface area contributed by atoms with Crippen LogP contribution in [0.3, 0.4) is 0 Å². The number of phosphoric acid groups is 1. The van der Waals surface area contributed by atoms with E-state index in [4.69, 9.17) is 18.5 Å². The van der Waals surface area contributed by atoms with Gasteiger partial charge in [-0.1, -0.05) is 122 Å². The van der Waals surface area contributed by atoms with Gasteiger partial charge in [0.2, 0.25) is 0 Å². The van der Waals surface area contributed by atoms with Crippen molar-refractivity contribution in [1.29, 1.82) is 0 Å². The maximum Gasteiger partial charge on any atom is 0.306 e. The number of likely N-dealkylation sites (N-methyl/N-ethyl adjacent to an activating group) is 1. The number of carbonyl (C=O) groups is 2. The van der Waals surface area contributed by atoms with E-state index in [1.165, 1.54) is 57.8 Å². The summed E-state index contributed by atoms with van der Waals surface area (Å²) >= 11 is 0. The molecular formula is C40H76NO8P. The number of carbonyl (C=O) groups excluding carboxylic acids is 2. The van der Waals surface area contributed by atoms with E-state index in [-0.39, 0.29) is 26.1 Å². The molecule has 50 heavy (non-hydrogen) atoms. The minimum Gasteiger partial charge on any atom is -0.756 e. The van der Waals surface area contributed by atoms with Crippen LogP contribution in [0.2, 0.25) is 0 Å². The third-order valence-electron chi connectivity index (χ3n) is 8.42. The third-order valence-corrected chi connectivity index (χ3v) is 9.39. The Kier molecular flexibility index (Phi) is 32.3. The maximum absolute atomic E-state index is 12.6. The lowest BCUT2D eigenvalue weighted by molar-refractivity contribution is -0.870. The molecule has 294 valence electrons. The van der Waals surface area contributed by atoms with Crippen molar-refractivity contribution in [1.82, 2.24) is 0 Å². The Balaban J connectivity index is 4.41. The molecule has 10 heteroatoms. The third kappa shape index (κ3) is 36.3. The van der Waals surface area contributed by atoms with Crippen LogP contribution in [0.15, 0.2) is 24.3 Å². The second kappa shape index (κ2) is 33.3. The van der Waals surface area contributed by atoms with Crippen LogP contribution in [0.1, 0.15) is 168 Å². The maximum atomic E-state index is 12.6. The number of hydrogen-bond donors (Lipinski definition) is 0. The lowest BCUT2D eigenvalue weighted by Crippen LogP contribution is -2.37. The van der Waals surface area contributed by atoms with Crippen molar-refractivity contribution in [2.45, 2.75) is 174 Å². The Morgan fingerprint density at radius 2 is 1.06 bits per heavy atom. The predicted octanol–water partition coefficient (Wildman–Crippen LogP) is 10.2. The van der Waals surface area contributed by atoms with Crippen LogP contribution in [0.25, 0.3) is 0 Å². The highest BCUT2D eigenvalue weighted by Gasteiger charge is 2.21. The van der Waals surface area contributed by atoms with Crippen LogP contribution >= 0.6 is 7.82 Å². The van der Waals surface area contributed by atoms with Crippen molar-refractivity contribution in [2.24, 2.45) is 0 Å². The number of quaternary nitrogens is 1. The molecule has 0 aliphatic carbocycles. The summed E-state index contributed by atoms with van der Waals surface area (Å²) in [5.41, 5.74) is 0. The summed E-state index contributed by atoms with van der Waals surface area (Å²) in [7, 11) is 1.15. The molecule has 0 bridgehead atoms. The Bertz CT molecular complexity index is 918. The minimum atomic E-state index is -4.62. The van der Waals surface area contributed by atoms with Crippen LogP contribution in [0.4, 0.5) is 0 Å². The van der Waals surface area contributed by atoms with Gasteiger partial charge in [0.05, 0.1) is 27.7 Å².